The highest BCUT2D eigenvalue weighted by Gasteiger charge is 2.55. The van der Waals surface area contributed by atoms with E-state index in [1.807, 2.05) is 59.0 Å². The number of aliphatic hydroxyl groups excluding tert-OH is 2. The number of alkyl halides is 6. The zero-order valence-corrected chi connectivity index (χ0v) is 29.5. The summed E-state index contributed by atoms with van der Waals surface area (Å²) in [4.78, 5) is 27.9. The summed E-state index contributed by atoms with van der Waals surface area (Å²) in [6.45, 7) is 1.06. The number of rotatable bonds is 10. The number of fused-ring (bicyclic) bond motifs is 1. The summed E-state index contributed by atoms with van der Waals surface area (Å²) in [5, 5.41) is 32.6. The zero-order chi connectivity index (χ0) is 37.4. The maximum absolute atomic E-state index is 13.9. The molecule has 1 heterocycles. The standard InChI is InChI=1S/C37H34F6INO6/c1-3-20-14-26-32(35(50)45(34(26)49)25-16-23(36(38,39)40)15-24(17-25)37(41,42)43)27(18-46)31(20)29(47)10-9-22(21-7-5-4-6-8-21)11-19-12-28(44)33(48)30(13-19)51-2/h4-8,11-13,15-17,26-27,29,32,46-48H,3,9-10,14,18H2,1-2H3/b22-11-/t26-,27+,29-,32-/m1/s1. The largest absolute Gasteiger partial charge is 0.504 e. The van der Waals surface area contributed by atoms with Crippen molar-refractivity contribution in [3.05, 3.63) is 97.6 Å². The van der Waals surface area contributed by atoms with Gasteiger partial charge >= 0.3 is 12.4 Å². The second-order valence-electron chi connectivity index (χ2n) is 12.5. The Morgan fingerprint density at radius 3 is 2.18 bits per heavy atom. The van der Waals surface area contributed by atoms with Crippen molar-refractivity contribution in [1.29, 1.82) is 0 Å². The lowest BCUT2D eigenvalue weighted by atomic mass is 9.67. The minimum absolute atomic E-state index is 0.0102. The number of benzene rings is 3. The Hall–Kier alpha value is -3.89. The molecule has 0 unspecified atom stereocenters. The van der Waals surface area contributed by atoms with Crippen molar-refractivity contribution in [2.75, 3.05) is 18.6 Å². The molecule has 1 saturated heterocycles. The number of carbonyl (C=O) groups excluding carboxylic acids is 2. The minimum atomic E-state index is -5.20. The molecule has 272 valence electrons. The van der Waals surface area contributed by atoms with Gasteiger partial charge in [0.2, 0.25) is 11.8 Å². The lowest BCUT2D eigenvalue weighted by Gasteiger charge is -2.36. The van der Waals surface area contributed by atoms with E-state index in [4.69, 9.17) is 4.74 Å². The Morgan fingerprint density at radius 2 is 1.63 bits per heavy atom. The van der Waals surface area contributed by atoms with Gasteiger partial charge in [0.25, 0.3) is 0 Å². The van der Waals surface area contributed by atoms with Crippen molar-refractivity contribution in [1.82, 2.24) is 0 Å². The fraction of sp³-hybridized carbons (Fsp3) is 0.351. The maximum atomic E-state index is 13.9. The van der Waals surface area contributed by atoms with E-state index in [9.17, 15) is 51.3 Å². The van der Waals surface area contributed by atoms with E-state index in [2.05, 4.69) is 0 Å². The van der Waals surface area contributed by atoms with Crippen LogP contribution in [0, 0.1) is 21.3 Å². The Balaban J connectivity index is 1.48. The number of aliphatic hydroxyl groups is 2. The molecule has 2 amide bonds. The van der Waals surface area contributed by atoms with Crippen molar-refractivity contribution in [2.24, 2.45) is 17.8 Å². The van der Waals surface area contributed by atoms with Crippen molar-refractivity contribution < 1.29 is 56.0 Å². The molecule has 14 heteroatoms. The van der Waals surface area contributed by atoms with Gasteiger partial charge in [-0.25, -0.2) is 4.90 Å². The Labute approximate surface area is 303 Å². The highest BCUT2D eigenvalue weighted by molar-refractivity contribution is 14.1. The van der Waals surface area contributed by atoms with Gasteiger partial charge in [0.05, 0.1) is 52.0 Å². The summed E-state index contributed by atoms with van der Waals surface area (Å²) in [5.74, 6) is -5.34. The molecule has 4 atom stereocenters. The van der Waals surface area contributed by atoms with E-state index in [0.29, 0.717) is 50.2 Å². The number of phenols is 1. The van der Waals surface area contributed by atoms with E-state index in [0.717, 1.165) is 11.1 Å². The van der Waals surface area contributed by atoms with Gasteiger partial charge < -0.3 is 20.1 Å². The van der Waals surface area contributed by atoms with Gasteiger partial charge in [-0.3, -0.25) is 9.59 Å². The van der Waals surface area contributed by atoms with Gasteiger partial charge in [0, 0.05) is 5.92 Å². The Bertz CT molecular complexity index is 1840. The Kier molecular flexibility index (Phi) is 11.3. The van der Waals surface area contributed by atoms with Gasteiger partial charge in [0.15, 0.2) is 11.5 Å². The molecule has 1 fully saturated rings. The van der Waals surface area contributed by atoms with Crippen LogP contribution in [0.1, 0.15) is 54.9 Å². The van der Waals surface area contributed by atoms with Gasteiger partial charge in [-0.1, -0.05) is 48.9 Å². The number of anilines is 1. The molecule has 3 aromatic rings. The number of phenolic OH excluding ortho intramolecular Hbond substituents is 1. The van der Waals surface area contributed by atoms with E-state index >= 15 is 0 Å². The van der Waals surface area contributed by atoms with E-state index in [1.165, 1.54) is 7.11 Å². The molecule has 0 bridgehead atoms. The first kappa shape index (κ1) is 38.3. The predicted octanol–water partition coefficient (Wildman–Crippen LogP) is 8.25. The Morgan fingerprint density at radius 1 is 1.00 bits per heavy atom. The summed E-state index contributed by atoms with van der Waals surface area (Å²) >= 11 is 1.98. The third-order valence-electron chi connectivity index (χ3n) is 9.44. The molecule has 51 heavy (non-hydrogen) atoms. The number of carbonyl (C=O) groups is 2. The second-order valence-corrected chi connectivity index (χ2v) is 13.6. The summed E-state index contributed by atoms with van der Waals surface area (Å²) in [6.07, 6.45) is -9.10. The molecular formula is C37H34F6INO6. The number of hydrogen-bond donors (Lipinski definition) is 3. The van der Waals surface area contributed by atoms with Crippen LogP contribution in [0.15, 0.2) is 71.8 Å². The third-order valence-corrected chi connectivity index (χ3v) is 10.3. The van der Waals surface area contributed by atoms with Gasteiger partial charge in [-0.15, -0.1) is 0 Å². The van der Waals surface area contributed by atoms with E-state index in [1.54, 1.807) is 19.1 Å². The first-order valence-electron chi connectivity index (χ1n) is 16.0. The number of halogens is 7. The van der Waals surface area contributed by atoms with Crippen LogP contribution in [-0.2, 0) is 21.9 Å². The average Bonchev–Trinajstić information content (AvgIpc) is 3.34. The highest BCUT2D eigenvalue weighted by Crippen LogP contribution is 2.49. The quantitative estimate of drug-likeness (QED) is 0.0625. The molecule has 3 aromatic carbocycles. The van der Waals surface area contributed by atoms with Crippen LogP contribution >= 0.6 is 22.6 Å². The number of aromatic hydroxyl groups is 1. The summed E-state index contributed by atoms with van der Waals surface area (Å²) in [6, 6.07) is 13.3. The fourth-order valence-corrected chi connectivity index (χ4v) is 7.68. The van der Waals surface area contributed by atoms with E-state index < -0.39 is 71.4 Å². The fourth-order valence-electron chi connectivity index (χ4n) is 7.05. The summed E-state index contributed by atoms with van der Waals surface area (Å²) in [5.41, 5.74) is -0.953. The molecular weight excluding hydrogens is 795 g/mol. The van der Waals surface area contributed by atoms with Crippen LogP contribution in [0.4, 0.5) is 32.0 Å². The molecule has 3 N–H and O–H groups in total. The molecule has 0 saturated carbocycles. The highest BCUT2D eigenvalue weighted by atomic mass is 127. The number of allylic oxidation sites excluding steroid dienone is 2. The lowest BCUT2D eigenvalue weighted by molar-refractivity contribution is -0.143. The van der Waals surface area contributed by atoms with E-state index in [-0.39, 0.29) is 30.4 Å². The van der Waals surface area contributed by atoms with Crippen LogP contribution in [-0.4, -0.2) is 47.0 Å². The van der Waals surface area contributed by atoms with Gasteiger partial charge in [-0.05, 0) is 101 Å². The number of ether oxygens (including phenoxy) is 1. The number of amides is 2. The molecule has 7 nitrogen and oxygen atoms in total. The van der Waals surface area contributed by atoms with Crippen LogP contribution in [0.2, 0.25) is 0 Å². The monoisotopic (exact) mass is 829 g/mol. The smallest absolute Gasteiger partial charge is 0.416 e. The third kappa shape index (κ3) is 7.82. The molecule has 5 rings (SSSR count). The van der Waals surface area contributed by atoms with Gasteiger partial charge in [0.1, 0.15) is 0 Å². The zero-order valence-electron chi connectivity index (χ0n) is 27.4. The number of hydrogen-bond acceptors (Lipinski definition) is 6. The van der Waals surface area contributed by atoms with Gasteiger partial charge in [-0.2, -0.15) is 26.3 Å². The molecule has 0 aromatic heterocycles. The second kappa shape index (κ2) is 15.0. The lowest BCUT2D eigenvalue weighted by Crippen LogP contribution is -2.39. The molecule has 1 aliphatic carbocycles. The first-order valence-corrected chi connectivity index (χ1v) is 17.1. The van der Waals surface area contributed by atoms with Crippen molar-refractivity contribution >= 4 is 51.7 Å². The van der Waals surface area contributed by atoms with Crippen LogP contribution < -0.4 is 9.64 Å². The number of nitrogens with zero attached hydrogens (tertiary/aromatic N) is 1. The van der Waals surface area contributed by atoms with Crippen LogP contribution in [0.3, 0.4) is 0 Å². The van der Waals surface area contributed by atoms with Crippen LogP contribution in [0.25, 0.3) is 11.6 Å². The summed E-state index contributed by atoms with van der Waals surface area (Å²) < 4.78 is 87.8. The predicted molar refractivity (Wildman–Crippen MR) is 185 cm³/mol. The van der Waals surface area contributed by atoms with Crippen molar-refractivity contribution in [3.8, 4) is 11.5 Å². The van der Waals surface area contributed by atoms with Crippen molar-refractivity contribution in [3.63, 3.8) is 0 Å². The maximum Gasteiger partial charge on any atom is 0.416 e. The molecule has 0 spiro atoms. The topological polar surface area (TPSA) is 107 Å². The minimum Gasteiger partial charge on any atom is -0.504 e. The van der Waals surface area contributed by atoms with Crippen LogP contribution in [0.5, 0.6) is 11.5 Å². The molecule has 0 radical (unpaired) electrons. The first-order chi connectivity index (χ1) is 24.0. The van der Waals surface area contributed by atoms with Crippen molar-refractivity contribution in [2.45, 2.75) is 51.1 Å². The summed E-state index contributed by atoms with van der Waals surface area (Å²) in [7, 11) is 1.43. The molecule has 2 aliphatic rings. The number of methoxy groups -OCH3 is 1. The number of imide groups is 1. The average molecular weight is 830 g/mol. The molecule has 1 aliphatic heterocycles. The normalized spacial score (nSPS) is 20.6. The SMILES string of the molecule is CCC1=C([C@H](O)CC/C(=C/c2cc(I)c(O)c(OC)c2)c2ccccc2)[C@H](CO)[C@@H]2C(=O)N(c3cc(C(F)(F)F)cc(C(F)(F)F)c3)C(=O)[C@@H]2C1.